The Balaban J connectivity index is 2.41. The van der Waals surface area contributed by atoms with Crippen LogP contribution in [0.15, 0.2) is 37.0 Å². The molecular weight excluding hydrogens is 264 g/mol. The lowest BCUT2D eigenvalue weighted by Crippen LogP contribution is -2.15. The quantitative estimate of drug-likeness (QED) is 0.911. The summed E-state index contributed by atoms with van der Waals surface area (Å²) in [6.07, 6.45) is 1.62. The van der Waals surface area contributed by atoms with Crippen LogP contribution in [-0.4, -0.2) is 24.1 Å². The third kappa shape index (κ3) is 3.13. The minimum Gasteiger partial charge on any atom is -0.497 e. The lowest BCUT2D eigenvalue weighted by Gasteiger charge is -2.22. The van der Waals surface area contributed by atoms with E-state index in [4.69, 9.17) is 4.74 Å². The summed E-state index contributed by atoms with van der Waals surface area (Å²) in [5, 5.41) is 3.05. The predicted octanol–water partition coefficient (Wildman–Crippen LogP) is 3.43. The van der Waals surface area contributed by atoms with Crippen molar-refractivity contribution in [2.45, 2.75) is 13.8 Å². The summed E-state index contributed by atoms with van der Waals surface area (Å²) in [5.74, 6) is 3.17. The summed E-state index contributed by atoms with van der Waals surface area (Å²) in [7, 11) is 3.64. The van der Waals surface area contributed by atoms with Gasteiger partial charge in [0.05, 0.1) is 7.11 Å². The molecule has 1 aromatic heterocycles. The molecule has 0 fully saturated rings. The third-order valence-electron chi connectivity index (χ3n) is 3.25. The van der Waals surface area contributed by atoms with Crippen LogP contribution in [0.3, 0.4) is 0 Å². The van der Waals surface area contributed by atoms with E-state index in [0.29, 0.717) is 5.82 Å². The minimum atomic E-state index is 0.709. The first kappa shape index (κ1) is 14.8. The molecule has 0 aliphatic carbocycles. The predicted molar refractivity (Wildman–Crippen MR) is 86.4 cm³/mol. The van der Waals surface area contributed by atoms with Crippen molar-refractivity contribution in [3.63, 3.8) is 0 Å². The van der Waals surface area contributed by atoms with Crippen molar-refractivity contribution < 1.29 is 4.74 Å². The van der Waals surface area contributed by atoms with Crippen molar-refractivity contribution in [3.05, 3.63) is 48.4 Å². The highest BCUT2D eigenvalue weighted by Gasteiger charge is 2.13. The molecule has 0 radical (unpaired) electrons. The van der Waals surface area contributed by atoms with Crippen LogP contribution in [0.5, 0.6) is 5.75 Å². The summed E-state index contributed by atoms with van der Waals surface area (Å²) in [6.45, 7) is 7.54. The molecule has 2 aromatic rings. The largest absolute Gasteiger partial charge is 0.497 e. The highest BCUT2D eigenvalue weighted by molar-refractivity contribution is 5.67. The summed E-state index contributed by atoms with van der Waals surface area (Å²) >= 11 is 0. The molecule has 5 heteroatoms. The molecule has 0 saturated carbocycles. The maximum Gasteiger partial charge on any atom is 0.141 e. The number of rotatable bonds is 5. The van der Waals surface area contributed by atoms with Crippen LogP contribution in [-0.2, 0) is 0 Å². The zero-order chi connectivity index (χ0) is 15.4. The molecule has 0 aliphatic rings. The number of ether oxygens (including phenoxy) is 1. The third-order valence-corrected chi connectivity index (χ3v) is 3.25. The van der Waals surface area contributed by atoms with E-state index in [1.807, 2.05) is 50.1 Å². The molecule has 21 heavy (non-hydrogen) atoms. The lowest BCUT2D eigenvalue weighted by molar-refractivity contribution is 0.415. The van der Waals surface area contributed by atoms with Crippen molar-refractivity contribution in [2.24, 2.45) is 0 Å². The van der Waals surface area contributed by atoms with Gasteiger partial charge in [-0.05, 0) is 44.3 Å². The second-order valence-electron chi connectivity index (χ2n) is 4.67. The molecule has 0 atom stereocenters. The number of nitrogens with zero attached hydrogens (tertiary/aromatic N) is 3. The second kappa shape index (κ2) is 6.26. The van der Waals surface area contributed by atoms with Crippen LogP contribution >= 0.6 is 0 Å². The lowest BCUT2D eigenvalue weighted by atomic mass is 10.2. The fourth-order valence-electron chi connectivity index (χ4n) is 2.11. The molecule has 1 aromatic carbocycles. The maximum absolute atomic E-state index is 5.18. The zero-order valence-corrected chi connectivity index (χ0v) is 12.8. The van der Waals surface area contributed by atoms with Gasteiger partial charge in [0.25, 0.3) is 0 Å². The Kier molecular flexibility index (Phi) is 4.42. The molecule has 0 amide bonds. The highest BCUT2D eigenvalue weighted by atomic mass is 16.5. The van der Waals surface area contributed by atoms with E-state index >= 15 is 0 Å². The van der Waals surface area contributed by atoms with Crippen LogP contribution in [0.2, 0.25) is 0 Å². The number of aryl methyl sites for hydroxylation is 1. The minimum absolute atomic E-state index is 0.709. The number of benzene rings is 1. The Morgan fingerprint density at radius 3 is 2.43 bits per heavy atom. The fourth-order valence-corrected chi connectivity index (χ4v) is 2.11. The van der Waals surface area contributed by atoms with Crippen LogP contribution in [0.4, 0.5) is 17.3 Å². The molecule has 0 spiro atoms. The number of hydrogen-bond donors (Lipinski definition) is 1. The van der Waals surface area contributed by atoms with E-state index in [1.54, 1.807) is 13.3 Å². The van der Waals surface area contributed by atoms with Gasteiger partial charge in [0.2, 0.25) is 0 Å². The van der Waals surface area contributed by atoms with E-state index in [9.17, 15) is 0 Å². The number of hydrogen-bond acceptors (Lipinski definition) is 5. The maximum atomic E-state index is 5.18. The summed E-state index contributed by atoms with van der Waals surface area (Å²) < 4.78 is 5.18. The highest BCUT2D eigenvalue weighted by Crippen LogP contribution is 2.29. The van der Waals surface area contributed by atoms with Crippen molar-refractivity contribution in [1.82, 2.24) is 9.97 Å². The average Bonchev–Trinajstić information content (AvgIpc) is 2.50. The zero-order valence-electron chi connectivity index (χ0n) is 12.8. The molecule has 110 valence electrons. The molecule has 0 bridgehead atoms. The first-order valence-electron chi connectivity index (χ1n) is 6.67. The molecule has 0 saturated heterocycles. The van der Waals surface area contributed by atoms with Crippen molar-refractivity contribution in [2.75, 3.05) is 24.4 Å². The van der Waals surface area contributed by atoms with E-state index in [-0.39, 0.29) is 0 Å². The van der Waals surface area contributed by atoms with Crippen molar-refractivity contribution >= 4 is 17.3 Å². The van der Waals surface area contributed by atoms with Crippen LogP contribution in [0.25, 0.3) is 0 Å². The molecule has 2 rings (SSSR count). The van der Waals surface area contributed by atoms with Gasteiger partial charge >= 0.3 is 0 Å². The SMILES string of the molecule is C=CNc1nc(C)nc(N(C)c2ccc(OC)cc2)c1C. The summed E-state index contributed by atoms with van der Waals surface area (Å²) in [4.78, 5) is 11.0. The van der Waals surface area contributed by atoms with Crippen LogP contribution in [0.1, 0.15) is 11.4 Å². The first-order chi connectivity index (χ1) is 10.1. The summed E-state index contributed by atoms with van der Waals surface area (Å²) in [5.41, 5.74) is 2.00. The van der Waals surface area contributed by atoms with E-state index in [1.165, 1.54) is 0 Å². The van der Waals surface area contributed by atoms with Gasteiger partial charge in [0.15, 0.2) is 0 Å². The first-order valence-corrected chi connectivity index (χ1v) is 6.67. The molecule has 0 aliphatic heterocycles. The van der Waals surface area contributed by atoms with E-state index in [0.717, 1.165) is 28.6 Å². The molecule has 1 N–H and O–H groups in total. The Morgan fingerprint density at radius 2 is 1.86 bits per heavy atom. The van der Waals surface area contributed by atoms with Gasteiger partial charge in [-0.3, -0.25) is 0 Å². The Labute approximate surface area is 125 Å². The van der Waals surface area contributed by atoms with Gasteiger partial charge in [0.1, 0.15) is 23.2 Å². The number of aromatic nitrogens is 2. The van der Waals surface area contributed by atoms with Gasteiger partial charge in [-0.25, -0.2) is 9.97 Å². The Hall–Kier alpha value is -2.56. The Bertz CT molecular complexity index is 637. The standard InChI is InChI=1S/C16H20N4O/c1-6-17-15-11(2)16(19-12(3)18-15)20(4)13-7-9-14(21-5)10-8-13/h6-10H,1H2,2-5H3,(H,17,18,19). The van der Waals surface area contributed by atoms with Gasteiger partial charge in [-0.2, -0.15) is 0 Å². The smallest absolute Gasteiger partial charge is 0.141 e. The Morgan fingerprint density at radius 1 is 1.19 bits per heavy atom. The topological polar surface area (TPSA) is 50.3 Å². The molecule has 1 heterocycles. The van der Waals surface area contributed by atoms with Gasteiger partial charge in [0, 0.05) is 18.3 Å². The van der Waals surface area contributed by atoms with Gasteiger partial charge < -0.3 is 15.0 Å². The van der Waals surface area contributed by atoms with Crippen LogP contribution < -0.4 is 15.0 Å². The number of nitrogens with one attached hydrogen (secondary N) is 1. The van der Waals surface area contributed by atoms with Crippen molar-refractivity contribution in [3.8, 4) is 5.75 Å². The molecular formula is C16H20N4O. The number of anilines is 3. The molecule has 0 unspecified atom stereocenters. The summed E-state index contributed by atoms with van der Waals surface area (Å²) in [6, 6.07) is 7.85. The van der Waals surface area contributed by atoms with Crippen molar-refractivity contribution in [1.29, 1.82) is 0 Å². The average molecular weight is 284 g/mol. The fraction of sp³-hybridized carbons (Fsp3) is 0.250. The second-order valence-corrected chi connectivity index (χ2v) is 4.67. The number of methoxy groups -OCH3 is 1. The van der Waals surface area contributed by atoms with E-state index in [2.05, 4.69) is 21.9 Å². The van der Waals surface area contributed by atoms with Gasteiger partial charge in [-0.15, -0.1) is 0 Å². The van der Waals surface area contributed by atoms with Gasteiger partial charge in [-0.1, -0.05) is 6.58 Å². The molecule has 5 nitrogen and oxygen atoms in total. The monoisotopic (exact) mass is 284 g/mol. The normalized spacial score (nSPS) is 10.1. The van der Waals surface area contributed by atoms with Crippen LogP contribution in [0, 0.1) is 13.8 Å². The van der Waals surface area contributed by atoms with E-state index < -0.39 is 0 Å².